The lowest BCUT2D eigenvalue weighted by Crippen LogP contribution is -2.33. The SMILES string of the molecule is CCC(=O)c1ccc(CN2CCC(=O)CC2)cc1. The van der Waals surface area contributed by atoms with E-state index in [0.717, 1.165) is 25.2 Å². The van der Waals surface area contributed by atoms with Crippen LogP contribution in [-0.4, -0.2) is 29.6 Å². The molecule has 1 aromatic rings. The topological polar surface area (TPSA) is 37.4 Å². The molecule has 0 aliphatic carbocycles. The summed E-state index contributed by atoms with van der Waals surface area (Å²) in [7, 11) is 0. The van der Waals surface area contributed by atoms with Crippen molar-refractivity contribution in [2.75, 3.05) is 13.1 Å². The zero-order valence-electron chi connectivity index (χ0n) is 10.8. The van der Waals surface area contributed by atoms with E-state index in [1.54, 1.807) is 0 Å². The van der Waals surface area contributed by atoms with Gasteiger partial charge in [0.2, 0.25) is 0 Å². The van der Waals surface area contributed by atoms with Crippen molar-refractivity contribution in [3.8, 4) is 0 Å². The number of Topliss-reactive ketones (excluding diaryl/α,β-unsaturated/α-hetero) is 2. The molecule has 1 saturated heterocycles. The van der Waals surface area contributed by atoms with Crippen LogP contribution in [0.15, 0.2) is 24.3 Å². The van der Waals surface area contributed by atoms with Crippen LogP contribution in [0.5, 0.6) is 0 Å². The average Bonchev–Trinajstić information content (AvgIpc) is 2.41. The van der Waals surface area contributed by atoms with Gasteiger partial charge >= 0.3 is 0 Å². The van der Waals surface area contributed by atoms with Gasteiger partial charge in [-0.05, 0) is 5.56 Å². The first-order valence-corrected chi connectivity index (χ1v) is 6.55. The molecule has 2 rings (SSSR count). The minimum absolute atomic E-state index is 0.185. The smallest absolute Gasteiger partial charge is 0.162 e. The summed E-state index contributed by atoms with van der Waals surface area (Å²) in [5, 5.41) is 0. The van der Waals surface area contributed by atoms with Crippen molar-refractivity contribution in [2.45, 2.75) is 32.7 Å². The van der Waals surface area contributed by atoms with E-state index in [0.29, 0.717) is 25.0 Å². The van der Waals surface area contributed by atoms with Crippen LogP contribution in [0.25, 0.3) is 0 Å². The largest absolute Gasteiger partial charge is 0.300 e. The second-order valence-electron chi connectivity index (χ2n) is 4.79. The summed E-state index contributed by atoms with van der Waals surface area (Å²) in [4.78, 5) is 24.9. The summed E-state index contributed by atoms with van der Waals surface area (Å²) < 4.78 is 0. The number of rotatable bonds is 4. The van der Waals surface area contributed by atoms with Gasteiger partial charge in [-0.25, -0.2) is 0 Å². The molecule has 3 heteroatoms. The van der Waals surface area contributed by atoms with Crippen molar-refractivity contribution in [1.82, 2.24) is 4.90 Å². The number of hydrogen-bond donors (Lipinski definition) is 0. The maximum atomic E-state index is 11.5. The molecule has 0 amide bonds. The molecule has 1 aromatic carbocycles. The maximum absolute atomic E-state index is 11.5. The second-order valence-corrected chi connectivity index (χ2v) is 4.79. The molecule has 18 heavy (non-hydrogen) atoms. The lowest BCUT2D eigenvalue weighted by molar-refractivity contribution is -0.121. The molecule has 0 unspecified atom stereocenters. The van der Waals surface area contributed by atoms with Crippen molar-refractivity contribution < 1.29 is 9.59 Å². The van der Waals surface area contributed by atoms with Gasteiger partial charge in [-0.1, -0.05) is 31.2 Å². The highest BCUT2D eigenvalue weighted by Gasteiger charge is 2.16. The Morgan fingerprint density at radius 2 is 1.78 bits per heavy atom. The van der Waals surface area contributed by atoms with Gasteiger partial charge in [0.15, 0.2) is 5.78 Å². The summed E-state index contributed by atoms with van der Waals surface area (Å²) in [6, 6.07) is 7.82. The Hall–Kier alpha value is -1.48. The maximum Gasteiger partial charge on any atom is 0.162 e. The van der Waals surface area contributed by atoms with Gasteiger partial charge in [-0.2, -0.15) is 0 Å². The lowest BCUT2D eigenvalue weighted by atomic mass is 10.1. The number of carbonyl (C=O) groups is 2. The van der Waals surface area contributed by atoms with Crippen LogP contribution in [-0.2, 0) is 11.3 Å². The van der Waals surface area contributed by atoms with Crippen LogP contribution in [0.1, 0.15) is 42.1 Å². The summed E-state index contributed by atoms with van der Waals surface area (Å²) >= 11 is 0. The Kier molecular flexibility index (Phi) is 4.26. The van der Waals surface area contributed by atoms with E-state index in [4.69, 9.17) is 0 Å². The Morgan fingerprint density at radius 1 is 1.17 bits per heavy atom. The van der Waals surface area contributed by atoms with E-state index < -0.39 is 0 Å². The molecule has 0 bridgehead atoms. The molecule has 1 aliphatic heterocycles. The molecule has 0 aromatic heterocycles. The summed E-state index contributed by atoms with van der Waals surface area (Å²) in [6.45, 7) is 4.46. The third-order valence-electron chi connectivity index (χ3n) is 3.42. The van der Waals surface area contributed by atoms with E-state index in [1.807, 2.05) is 31.2 Å². The second kappa shape index (κ2) is 5.91. The summed E-state index contributed by atoms with van der Waals surface area (Å²) in [5.41, 5.74) is 1.99. The van der Waals surface area contributed by atoms with Crippen LogP contribution in [0.4, 0.5) is 0 Å². The zero-order chi connectivity index (χ0) is 13.0. The molecule has 3 nitrogen and oxygen atoms in total. The third kappa shape index (κ3) is 3.26. The highest BCUT2D eigenvalue weighted by Crippen LogP contribution is 2.12. The van der Waals surface area contributed by atoms with Gasteiger partial charge in [0.05, 0.1) is 0 Å². The Bertz CT molecular complexity index is 426. The summed E-state index contributed by atoms with van der Waals surface area (Å²) in [5.74, 6) is 0.556. The fourth-order valence-electron chi connectivity index (χ4n) is 2.22. The quantitative estimate of drug-likeness (QED) is 0.765. The monoisotopic (exact) mass is 245 g/mol. The molecule has 0 atom stereocenters. The van der Waals surface area contributed by atoms with Crippen LogP contribution >= 0.6 is 0 Å². The Morgan fingerprint density at radius 3 is 2.33 bits per heavy atom. The van der Waals surface area contributed by atoms with E-state index >= 15 is 0 Å². The highest BCUT2D eigenvalue weighted by atomic mass is 16.1. The fraction of sp³-hybridized carbons (Fsp3) is 0.467. The number of piperidine rings is 1. The van der Waals surface area contributed by atoms with Crippen LogP contribution in [0.2, 0.25) is 0 Å². The first-order valence-electron chi connectivity index (χ1n) is 6.55. The van der Waals surface area contributed by atoms with Gasteiger partial charge in [-0.15, -0.1) is 0 Å². The first-order chi connectivity index (χ1) is 8.69. The molecule has 0 spiro atoms. The van der Waals surface area contributed by atoms with Crippen molar-refractivity contribution in [3.05, 3.63) is 35.4 Å². The third-order valence-corrected chi connectivity index (χ3v) is 3.42. The molecular weight excluding hydrogens is 226 g/mol. The van der Waals surface area contributed by atoms with E-state index in [2.05, 4.69) is 4.90 Å². The highest BCUT2D eigenvalue weighted by molar-refractivity contribution is 5.95. The molecule has 0 radical (unpaired) electrons. The molecule has 1 aliphatic rings. The van der Waals surface area contributed by atoms with Crippen molar-refractivity contribution in [2.24, 2.45) is 0 Å². The summed E-state index contributed by atoms with van der Waals surface area (Å²) in [6.07, 6.45) is 1.90. The van der Waals surface area contributed by atoms with Gasteiger partial charge < -0.3 is 0 Å². The van der Waals surface area contributed by atoms with E-state index in [1.165, 1.54) is 5.56 Å². The lowest BCUT2D eigenvalue weighted by Gasteiger charge is -2.25. The number of nitrogens with zero attached hydrogens (tertiary/aromatic N) is 1. The number of benzene rings is 1. The van der Waals surface area contributed by atoms with Gasteiger partial charge in [0.25, 0.3) is 0 Å². The Balaban J connectivity index is 1.94. The van der Waals surface area contributed by atoms with Crippen molar-refractivity contribution in [1.29, 1.82) is 0 Å². The van der Waals surface area contributed by atoms with Gasteiger partial charge in [-0.3, -0.25) is 14.5 Å². The van der Waals surface area contributed by atoms with Gasteiger partial charge in [0, 0.05) is 44.5 Å². The average molecular weight is 245 g/mol. The van der Waals surface area contributed by atoms with E-state index in [-0.39, 0.29) is 5.78 Å². The molecule has 1 fully saturated rings. The van der Waals surface area contributed by atoms with Crippen LogP contribution < -0.4 is 0 Å². The zero-order valence-corrected chi connectivity index (χ0v) is 10.8. The number of hydrogen-bond acceptors (Lipinski definition) is 3. The van der Waals surface area contributed by atoms with Crippen LogP contribution in [0.3, 0.4) is 0 Å². The first kappa shape index (κ1) is 13.0. The standard InChI is InChI=1S/C15H19NO2/c1-2-15(18)13-5-3-12(4-6-13)11-16-9-7-14(17)8-10-16/h3-6H,2,7-11H2,1H3. The molecule has 0 N–H and O–H groups in total. The normalized spacial score (nSPS) is 16.8. The number of carbonyl (C=O) groups excluding carboxylic acids is 2. The van der Waals surface area contributed by atoms with E-state index in [9.17, 15) is 9.59 Å². The Labute approximate surface area is 108 Å². The molecular formula is C15H19NO2. The predicted octanol–water partition coefficient (Wildman–Crippen LogP) is 2.44. The predicted molar refractivity (Wildman–Crippen MR) is 70.6 cm³/mol. The minimum atomic E-state index is 0.185. The number of likely N-dealkylation sites (tertiary alicyclic amines) is 1. The van der Waals surface area contributed by atoms with Crippen molar-refractivity contribution in [3.63, 3.8) is 0 Å². The fourth-order valence-corrected chi connectivity index (χ4v) is 2.22. The van der Waals surface area contributed by atoms with Crippen LogP contribution in [0, 0.1) is 0 Å². The molecule has 96 valence electrons. The molecule has 1 heterocycles. The molecule has 0 saturated carbocycles. The minimum Gasteiger partial charge on any atom is -0.300 e. The van der Waals surface area contributed by atoms with Gasteiger partial charge in [0.1, 0.15) is 5.78 Å². The number of ketones is 2. The van der Waals surface area contributed by atoms with Crippen molar-refractivity contribution >= 4 is 11.6 Å².